The van der Waals surface area contributed by atoms with E-state index in [1.54, 1.807) is 56.7 Å². The number of benzene rings is 3. The van der Waals surface area contributed by atoms with Crippen molar-refractivity contribution in [2.75, 3.05) is 19.1 Å². The summed E-state index contributed by atoms with van der Waals surface area (Å²) >= 11 is 1.33. The predicted molar refractivity (Wildman–Crippen MR) is 140 cm³/mol. The van der Waals surface area contributed by atoms with Gasteiger partial charge in [-0.25, -0.2) is 4.98 Å². The fourth-order valence-corrected chi connectivity index (χ4v) is 5.52. The van der Waals surface area contributed by atoms with Crippen molar-refractivity contribution in [2.45, 2.75) is 19.9 Å². The fraction of sp³-hybridized carbons (Fsp3) is 0.179. The Morgan fingerprint density at radius 3 is 2.31 bits per heavy atom. The molecule has 36 heavy (non-hydrogen) atoms. The first-order chi connectivity index (χ1) is 17.3. The first-order valence-electron chi connectivity index (χ1n) is 11.3. The SMILES string of the molecule is COc1ccc(C2/C(=C(\O)c3ccc(OC)cc3C)C(=O)C(=O)N2c2nc3ccc(C)cc3s2)cc1. The monoisotopic (exact) mass is 500 g/mol. The molecule has 182 valence electrons. The van der Waals surface area contributed by atoms with Gasteiger partial charge in [-0.1, -0.05) is 29.5 Å². The van der Waals surface area contributed by atoms with Crippen molar-refractivity contribution in [3.8, 4) is 11.5 Å². The van der Waals surface area contributed by atoms with Gasteiger partial charge in [-0.2, -0.15) is 0 Å². The number of anilines is 1. The number of carbonyl (C=O) groups excluding carboxylic acids is 2. The fourth-order valence-electron chi connectivity index (χ4n) is 4.43. The Balaban J connectivity index is 1.72. The van der Waals surface area contributed by atoms with E-state index in [2.05, 4.69) is 4.98 Å². The average molecular weight is 501 g/mol. The minimum Gasteiger partial charge on any atom is -0.507 e. The smallest absolute Gasteiger partial charge is 0.301 e. The summed E-state index contributed by atoms with van der Waals surface area (Å²) in [5.74, 6) is -0.481. The number of ketones is 1. The minimum absolute atomic E-state index is 0.00821. The van der Waals surface area contributed by atoms with Crippen LogP contribution in [-0.4, -0.2) is 36.0 Å². The van der Waals surface area contributed by atoms with Crippen molar-refractivity contribution in [2.24, 2.45) is 0 Å². The number of hydrogen-bond acceptors (Lipinski definition) is 7. The van der Waals surface area contributed by atoms with Gasteiger partial charge in [0.25, 0.3) is 5.78 Å². The summed E-state index contributed by atoms with van der Waals surface area (Å²) in [5.41, 5.74) is 3.63. The van der Waals surface area contributed by atoms with Gasteiger partial charge in [0, 0.05) is 5.56 Å². The Kier molecular flexibility index (Phi) is 5.97. The standard InChI is InChI=1S/C28H24N2O5S/c1-15-5-12-21-22(13-15)36-28(29-21)30-24(17-6-8-18(34-3)9-7-17)23(26(32)27(30)33)25(31)20-11-10-19(35-4)14-16(20)2/h5-14,24,31H,1-4H3/b25-23+. The molecule has 0 spiro atoms. The zero-order valence-electron chi connectivity index (χ0n) is 20.2. The Hall–Kier alpha value is -4.17. The molecule has 8 heteroatoms. The van der Waals surface area contributed by atoms with Gasteiger partial charge in [0.15, 0.2) is 5.13 Å². The van der Waals surface area contributed by atoms with Crippen molar-refractivity contribution in [3.05, 3.63) is 88.5 Å². The van der Waals surface area contributed by atoms with E-state index >= 15 is 0 Å². The Morgan fingerprint density at radius 2 is 1.64 bits per heavy atom. The highest BCUT2D eigenvalue weighted by Crippen LogP contribution is 2.45. The highest BCUT2D eigenvalue weighted by atomic mass is 32.1. The normalized spacial score (nSPS) is 17.1. The number of amides is 1. The number of ether oxygens (including phenoxy) is 2. The van der Waals surface area contributed by atoms with Crippen LogP contribution in [0.4, 0.5) is 5.13 Å². The molecule has 0 saturated carbocycles. The van der Waals surface area contributed by atoms with Gasteiger partial charge >= 0.3 is 5.91 Å². The van der Waals surface area contributed by atoms with Crippen LogP contribution in [0.25, 0.3) is 16.0 Å². The molecule has 5 rings (SSSR count). The topological polar surface area (TPSA) is 89.0 Å². The second kappa shape index (κ2) is 9.13. The summed E-state index contributed by atoms with van der Waals surface area (Å²) in [6.07, 6.45) is 0. The van der Waals surface area contributed by atoms with Gasteiger partial charge in [-0.3, -0.25) is 14.5 Å². The van der Waals surface area contributed by atoms with Crippen LogP contribution in [0.15, 0.2) is 66.2 Å². The van der Waals surface area contributed by atoms with Crippen LogP contribution in [0, 0.1) is 13.8 Å². The van der Waals surface area contributed by atoms with Gasteiger partial charge in [0.2, 0.25) is 0 Å². The van der Waals surface area contributed by atoms with E-state index in [1.807, 2.05) is 32.0 Å². The van der Waals surface area contributed by atoms with Crippen molar-refractivity contribution in [1.82, 2.24) is 4.98 Å². The number of hydrogen-bond donors (Lipinski definition) is 1. The second-order valence-electron chi connectivity index (χ2n) is 8.59. The molecule has 0 radical (unpaired) electrons. The molecule has 1 amide bonds. The molecular weight excluding hydrogens is 476 g/mol. The number of methoxy groups -OCH3 is 2. The lowest BCUT2D eigenvalue weighted by Gasteiger charge is -2.23. The third kappa shape index (κ3) is 3.89. The first kappa shape index (κ1) is 23.6. The van der Waals surface area contributed by atoms with Crippen LogP contribution in [0.3, 0.4) is 0 Å². The summed E-state index contributed by atoms with van der Waals surface area (Å²) in [5, 5.41) is 11.8. The molecule has 1 N–H and O–H groups in total. The van der Waals surface area contributed by atoms with E-state index < -0.39 is 17.7 Å². The number of aryl methyl sites for hydroxylation is 2. The van der Waals surface area contributed by atoms with E-state index in [0.29, 0.717) is 33.3 Å². The Bertz CT molecular complexity index is 1540. The molecule has 1 atom stereocenters. The summed E-state index contributed by atoms with van der Waals surface area (Å²) in [6, 6.07) is 17.2. The number of aromatic nitrogens is 1. The Morgan fingerprint density at radius 1 is 0.944 bits per heavy atom. The third-order valence-electron chi connectivity index (χ3n) is 6.30. The molecule has 1 aliphatic rings. The molecule has 1 aromatic heterocycles. The molecule has 0 aliphatic carbocycles. The zero-order valence-corrected chi connectivity index (χ0v) is 21.1. The maximum Gasteiger partial charge on any atom is 0.301 e. The molecule has 0 bridgehead atoms. The lowest BCUT2D eigenvalue weighted by Crippen LogP contribution is -2.29. The lowest BCUT2D eigenvalue weighted by atomic mass is 9.94. The van der Waals surface area contributed by atoms with E-state index in [1.165, 1.54) is 16.2 Å². The largest absolute Gasteiger partial charge is 0.507 e. The third-order valence-corrected chi connectivity index (χ3v) is 7.32. The van der Waals surface area contributed by atoms with Gasteiger partial charge < -0.3 is 14.6 Å². The molecule has 1 saturated heterocycles. The number of carbonyl (C=O) groups is 2. The molecule has 7 nitrogen and oxygen atoms in total. The quantitative estimate of drug-likeness (QED) is 0.219. The zero-order chi connectivity index (χ0) is 25.6. The van der Waals surface area contributed by atoms with Gasteiger partial charge in [-0.05, 0) is 73.0 Å². The highest BCUT2D eigenvalue weighted by Gasteiger charge is 2.48. The summed E-state index contributed by atoms with van der Waals surface area (Å²) in [6.45, 7) is 3.80. The predicted octanol–water partition coefficient (Wildman–Crippen LogP) is 5.56. The van der Waals surface area contributed by atoms with Crippen molar-refractivity contribution < 1.29 is 24.2 Å². The Labute approximate surface area is 212 Å². The van der Waals surface area contributed by atoms with E-state index in [-0.39, 0.29) is 11.3 Å². The van der Waals surface area contributed by atoms with E-state index in [9.17, 15) is 14.7 Å². The molecule has 1 unspecified atom stereocenters. The first-order valence-corrected chi connectivity index (χ1v) is 12.1. The maximum absolute atomic E-state index is 13.4. The molecule has 4 aromatic rings. The number of aliphatic hydroxyl groups is 1. The van der Waals surface area contributed by atoms with Gasteiger partial charge in [0.05, 0.1) is 36.1 Å². The van der Waals surface area contributed by atoms with Gasteiger partial charge in [0.1, 0.15) is 17.3 Å². The second-order valence-corrected chi connectivity index (χ2v) is 9.60. The lowest BCUT2D eigenvalue weighted by molar-refractivity contribution is -0.132. The molecule has 3 aromatic carbocycles. The number of Topliss-reactive ketones (excluding diaryl/α,β-unsaturated/α-hetero) is 1. The van der Waals surface area contributed by atoms with Crippen LogP contribution < -0.4 is 14.4 Å². The number of rotatable bonds is 5. The van der Waals surface area contributed by atoms with E-state index in [4.69, 9.17) is 9.47 Å². The van der Waals surface area contributed by atoms with Crippen molar-refractivity contribution in [3.63, 3.8) is 0 Å². The molecular formula is C28H24N2O5S. The van der Waals surface area contributed by atoms with Crippen LogP contribution in [0.5, 0.6) is 11.5 Å². The molecule has 1 aliphatic heterocycles. The number of nitrogens with zero attached hydrogens (tertiary/aromatic N) is 2. The summed E-state index contributed by atoms with van der Waals surface area (Å²) in [7, 11) is 3.12. The summed E-state index contributed by atoms with van der Waals surface area (Å²) < 4.78 is 11.5. The highest BCUT2D eigenvalue weighted by molar-refractivity contribution is 7.22. The van der Waals surface area contributed by atoms with E-state index in [0.717, 1.165) is 15.8 Å². The minimum atomic E-state index is -0.862. The van der Waals surface area contributed by atoms with Crippen molar-refractivity contribution in [1.29, 1.82) is 0 Å². The number of thiazole rings is 1. The summed E-state index contributed by atoms with van der Waals surface area (Å²) in [4.78, 5) is 32.9. The van der Waals surface area contributed by atoms with Gasteiger partial charge in [-0.15, -0.1) is 0 Å². The van der Waals surface area contributed by atoms with Crippen LogP contribution in [0.1, 0.15) is 28.3 Å². The number of fused-ring (bicyclic) bond motifs is 1. The molecule has 2 heterocycles. The van der Waals surface area contributed by atoms with Crippen molar-refractivity contribution >= 4 is 44.1 Å². The van der Waals surface area contributed by atoms with Crippen LogP contribution in [-0.2, 0) is 9.59 Å². The maximum atomic E-state index is 13.4. The van der Waals surface area contributed by atoms with Crippen LogP contribution >= 0.6 is 11.3 Å². The number of aliphatic hydroxyl groups excluding tert-OH is 1. The molecule has 1 fully saturated rings. The van der Waals surface area contributed by atoms with Crippen LogP contribution in [0.2, 0.25) is 0 Å². The average Bonchev–Trinajstić information content (AvgIpc) is 3.41.